The molecule has 1 atom stereocenters. The number of Topliss-reactive ketones (excluding diaryl/α,β-unsaturated/α-hetero) is 1. The van der Waals surface area contributed by atoms with Gasteiger partial charge >= 0.3 is 0 Å². The van der Waals surface area contributed by atoms with E-state index in [4.69, 9.17) is 0 Å². The number of hydrogen-bond donors (Lipinski definition) is 0. The van der Waals surface area contributed by atoms with E-state index in [9.17, 15) is 4.79 Å². The van der Waals surface area contributed by atoms with Crippen molar-refractivity contribution in [1.29, 1.82) is 0 Å². The molecule has 0 saturated carbocycles. The quantitative estimate of drug-likeness (QED) is 0.705. The molecule has 0 fully saturated rings. The number of fused-ring (bicyclic) bond motifs is 2. The fraction of sp³-hybridized carbons (Fsp3) is 0.316. The minimum absolute atomic E-state index is 0.188. The molecule has 0 saturated heterocycles. The fourth-order valence-corrected chi connectivity index (χ4v) is 3.96. The Morgan fingerprint density at radius 1 is 0.800 bits per heavy atom. The van der Waals surface area contributed by atoms with E-state index in [0.29, 0.717) is 5.78 Å². The van der Waals surface area contributed by atoms with Crippen LogP contribution in [0.2, 0.25) is 0 Å². The second-order valence-electron chi connectivity index (χ2n) is 6.57. The number of carbonyl (C=O) groups is 1. The fourth-order valence-electron chi connectivity index (χ4n) is 3.96. The maximum Gasteiger partial charge on any atom is 0.170 e. The predicted molar refractivity (Wildman–Crippen MR) is 80.2 cm³/mol. The number of aryl methyl sites for hydroxylation is 2. The molecule has 0 unspecified atom stereocenters. The molecule has 2 aliphatic carbocycles. The van der Waals surface area contributed by atoms with Gasteiger partial charge in [0, 0.05) is 11.0 Å². The van der Waals surface area contributed by atoms with Crippen molar-refractivity contribution >= 4 is 5.78 Å². The summed E-state index contributed by atoms with van der Waals surface area (Å²) >= 11 is 0. The van der Waals surface area contributed by atoms with Gasteiger partial charge in [-0.2, -0.15) is 0 Å². The zero-order valence-electron chi connectivity index (χ0n) is 12.0. The van der Waals surface area contributed by atoms with Crippen LogP contribution in [0.1, 0.15) is 38.2 Å². The summed E-state index contributed by atoms with van der Waals surface area (Å²) < 4.78 is 0. The molecule has 1 heteroatoms. The molecule has 0 radical (unpaired) electrons. The lowest BCUT2D eigenvalue weighted by Gasteiger charge is -2.20. The van der Waals surface area contributed by atoms with Crippen molar-refractivity contribution in [2.24, 2.45) is 5.41 Å². The van der Waals surface area contributed by atoms with Crippen LogP contribution < -0.4 is 0 Å². The lowest BCUT2D eigenvalue weighted by molar-refractivity contribution is 0.0831. The highest BCUT2D eigenvalue weighted by atomic mass is 16.1. The Bertz CT molecular complexity index is 737. The summed E-state index contributed by atoms with van der Waals surface area (Å²) in [5.74, 6) is 0.366. The van der Waals surface area contributed by atoms with Gasteiger partial charge in [0.25, 0.3) is 0 Å². The van der Waals surface area contributed by atoms with Gasteiger partial charge in [-0.15, -0.1) is 0 Å². The van der Waals surface area contributed by atoms with Crippen LogP contribution in [-0.2, 0) is 19.3 Å². The maximum atomic E-state index is 12.9. The SMILES string of the molecule is Cc1ccc2c(c1)C[C@@]1(C2)Cc2ccc(C)cc2C1=O. The monoisotopic (exact) mass is 262 g/mol. The topological polar surface area (TPSA) is 17.1 Å². The van der Waals surface area contributed by atoms with Gasteiger partial charge in [-0.05, 0) is 55.9 Å². The molecule has 100 valence electrons. The average Bonchev–Trinajstić information content (AvgIpc) is 2.89. The Labute approximate surface area is 119 Å². The minimum atomic E-state index is -0.188. The summed E-state index contributed by atoms with van der Waals surface area (Å²) in [5.41, 5.74) is 7.24. The zero-order valence-corrected chi connectivity index (χ0v) is 12.0. The molecule has 2 aliphatic rings. The van der Waals surface area contributed by atoms with Crippen LogP contribution in [0, 0.1) is 19.3 Å². The largest absolute Gasteiger partial charge is 0.294 e. The van der Waals surface area contributed by atoms with Crippen molar-refractivity contribution in [1.82, 2.24) is 0 Å². The van der Waals surface area contributed by atoms with Crippen molar-refractivity contribution in [3.63, 3.8) is 0 Å². The van der Waals surface area contributed by atoms with Crippen molar-refractivity contribution in [2.75, 3.05) is 0 Å². The number of hydrogen-bond acceptors (Lipinski definition) is 1. The van der Waals surface area contributed by atoms with Crippen LogP contribution >= 0.6 is 0 Å². The number of rotatable bonds is 0. The second kappa shape index (κ2) is 3.82. The highest BCUT2D eigenvalue weighted by Crippen LogP contribution is 2.47. The Kier molecular flexibility index (Phi) is 2.27. The van der Waals surface area contributed by atoms with Gasteiger partial charge in [0.15, 0.2) is 5.78 Å². The van der Waals surface area contributed by atoms with Crippen LogP contribution in [-0.4, -0.2) is 5.78 Å². The van der Waals surface area contributed by atoms with E-state index in [1.165, 1.54) is 27.8 Å². The molecule has 2 aromatic carbocycles. The first-order chi connectivity index (χ1) is 9.57. The van der Waals surface area contributed by atoms with E-state index in [0.717, 1.165) is 24.8 Å². The third-order valence-electron chi connectivity index (χ3n) is 4.94. The first kappa shape index (κ1) is 11.9. The van der Waals surface area contributed by atoms with Crippen molar-refractivity contribution in [3.8, 4) is 0 Å². The lowest BCUT2D eigenvalue weighted by Crippen LogP contribution is -2.28. The second-order valence-corrected chi connectivity index (χ2v) is 6.57. The van der Waals surface area contributed by atoms with E-state index in [1.54, 1.807) is 0 Å². The van der Waals surface area contributed by atoms with Crippen molar-refractivity contribution in [2.45, 2.75) is 33.1 Å². The summed E-state index contributed by atoms with van der Waals surface area (Å²) in [5, 5.41) is 0. The molecular formula is C19H18O. The molecule has 1 spiro atoms. The molecule has 0 aliphatic heterocycles. The van der Waals surface area contributed by atoms with Crippen molar-refractivity contribution in [3.05, 3.63) is 69.8 Å². The molecule has 1 nitrogen and oxygen atoms in total. The lowest BCUT2D eigenvalue weighted by atomic mass is 9.81. The average molecular weight is 262 g/mol. The Morgan fingerprint density at radius 2 is 1.40 bits per heavy atom. The highest BCUT2D eigenvalue weighted by Gasteiger charge is 2.48. The summed E-state index contributed by atoms with van der Waals surface area (Å²) in [6.07, 6.45) is 2.74. The molecule has 0 amide bonds. The minimum Gasteiger partial charge on any atom is -0.294 e. The van der Waals surface area contributed by atoms with Gasteiger partial charge in [0.1, 0.15) is 0 Å². The molecule has 2 aromatic rings. The predicted octanol–water partition coefficient (Wildman–Crippen LogP) is 3.83. The summed E-state index contributed by atoms with van der Waals surface area (Å²) in [6.45, 7) is 4.19. The van der Waals surface area contributed by atoms with Crippen LogP contribution in [0.15, 0.2) is 36.4 Å². The Morgan fingerprint density at radius 3 is 2.20 bits per heavy atom. The van der Waals surface area contributed by atoms with E-state index >= 15 is 0 Å². The van der Waals surface area contributed by atoms with Crippen LogP contribution in [0.3, 0.4) is 0 Å². The molecule has 0 N–H and O–H groups in total. The van der Waals surface area contributed by atoms with Gasteiger partial charge in [0.05, 0.1) is 0 Å². The van der Waals surface area contributed by atoms with Crippen LogP contribution in [0.4, 0.5) is 0 Å². The molecule has 4 rings (SSSR count). The molecule has 0 heterocycles. The van der Waals surface area contributed by atoms with Gasteiger partial charge < -0.3 is 0 Å². The van der Waals surface area contributed by atoms with Gasteiger partial charge in [0.2, 0.25) is 0 Å². The molecule has 20 heavy (non-hydrogen) atoms. The van der Waals surface area contributed by atoms with E-state index in [1.807, 2.05) is 0 Å². The normalized spacial score (nSPS) is 23.2. The number of benzene rings is 2. The molecule has 0 aromatic heterocycles. The van der Waals surface area contributed by atoms with E-state index in [2.05, 4.69) is 50.2 Å². The van der Waals surface area contributed by atoms with Gasteiger partial charge in [-0.25, -0.2) is 0 Å². The summed E-state index contributed by atoms with van der Waals surface area (Å²) in [7, 11) is 0. The molecular weight excluding hydrogens is 244 g/mol. The summed E-state index contributed by atoms with van der Waals surface area (Å²) in [4.78, 5) is 12.9. The number of carbonyl (C=O) groups excluding carboxylic acids is 1. The smallest absolute Gasteiger partial charge is 0.170 e. The standard InChI is InChI=1S/C19H18O/c1-12-3-5-14-9-19(11-16(14)7-12)10-15-6-4-13(2)8-17(15)18(19)20/h3-8H,9-11H2,1-2H3/t19-/m1/s1. The Hall–Kier alpha value is -1.89. The zero-order chi connectivity index (χ0) is 13.9. The van der Waals surface area contributed by atoms with E-state index < -0.39 is 0 Å². The first-order valence-electron chi connectivity index (χ1n) is 7.30. The highest BCUT2D eigenvalue weighted by molar-refractivity contribution is 6.05. The van der Waals surface area contributed by atoms with Crippen LogP contribution in [0.25, 0.3) is 0 Å². The third-order valence-corrected chi connectivity index (χ3v) is 4.94. The summed E-state index contributed by atoms with van der Waals surface area (Å²) in [6, 6.07) is 13.0. The van der Waals surface area contributed by atoms with Gasteiger partial charge in [-0.1, -0.05) is 41.5 Å². The maximum absolute atomic E-state index is 12.9. The molecule has 0 bridgehead atoms. The van der Waals surface area contributed by atoms with Gasteiger partial charge in [-0.3, -0.25) is 4.79 Å². The van der Waals surface area contributed by atoms with E-state index in [-0.39, 0.29) is 5.41 Å². The number of ketones is 1. The van der Waals surface area contributed by atoms with Crippen LogP contribution in [0.5, 0.6) is 0 Å². The first-order valence-corrected chi connectivity index (χ1v) is 7.30. The Balaban J connectivity index is 1.78. The third kappa shape index (κ3) is 1.53. The van der Waals surface area contributed by atoms with Crippen molar-refractivity contribution < 1.29 is 4.79 Å².